The molecule has 2 aromatic rings. The topological polar surface area (TPSA) is 0 Å². The fourth-order valence-electron chi connectivity index (χ4n) is 1.29. The standard InChI is InChI=1S/C12H10B.HI/c1-3-7-11(8-4-1)13-12-9-5-2-6-10-12;/h1-10H;1H/q+1;/p-1. The molecule has 0 atom stereocenters. The van der Waals surface area contributed by atoms with Crippen LogP contribution in [-0.2, 0) is 0 Å². The zero-order valence-corrected chi connectivity index (χ0v) is 9.89. The molecule has 0 unspecified atom stereocenters. The molecular weight excluding hydrogens is 282 g/mol. The van der Waals surface area contributed by atoms with Crippen LogP contribution in [0, 0.1) is 0 Å². The van der Waals surface area contributed by atoms with Gasteiger partial charge in [-0.2, -0.15) is 0 Å². The van der Waals surface area contributed by atoms with Crippen molar-refractivity contribution < 1.29 is 24.0 Å². The van der Waals surface area contributed by atoms with E-state index in [1.54, 1.807) is 0 Å². The Morgan fingerprint density at radius 2 is 0.929 bits per heavy atom. The fourth-order valence-corrected chi connectivity index (χ4v) is 1.29. The second-order valence-corrected chi connectivity index (χ2v) is 2.97. The summed E-state index contributed by atoms with van der Waals surface area (Å²) >= 11 is 0. The second kappa shape index (κ2) is 5.86. The molecule has 14 heavy (non-hydrogen) atoms. The predicted octanol–water partition coefficient (Wildman–Crippen LogP) is -1.65. The van der Waals surface area contributed by atoms with Crippen molar-refractivity contribution in [2.75, 3.05) is 0 Å². The molecule has 0 fully saturated rings. The molecule has 2 rings (SSSR count). The molecule has 2 aromatic carbocycles. The minimum absolute atomic E-state index is 0. The Kier molecular flexibility index (Phi) is 4.73. The maximum atomic E-state index is 2.17. The van der Waals surface area contributed by atoms with E-state index in [2.05, 4.69) is 55.8 Å². The molecule has 2 heteroatoms. The van der Waals surface area contributed by atoms with E-state index in [1.807, 2.05) is 12.1 Å². The summed E-state index contributed by atoms with van der Waals surface area (Å²) in [6.45, 7) is 0. The molecule has 0 amide bonds. The smallest absolute Gasteiger partial charge is 1.00 e. The number of rotatable bonds is 2. The summed E-state index contributed by atoms with van der Waals surface area (Å²) in [4.78, 5) is 0. The van der Waals surface area contributed by atoms with Crippen LogP contribution < -0.4 is 34.9 Å². The van der Waals surface area contributed by atoms with Crippen molar-refractivity contribution in [3.63, 3.8) is 0 Å². The zero-order valence-electron chi connectivity index (χ0n) is 7.73. The van der Waals surface area contributed by atoms with Gasteiger partial charge < -0.3 is 24.0 Å². The number of benzene rings is 2. The van der Waals surface area contributed by atoms with Gasteiger partial charge in [-0.25, -0.2) is 0 Å². The van der Waals surface area contributed by atoms with Gasteiger partial charge in [-0.1, -0.05) is 0 Å². The van der Waals surface area contributed by atoms with Gasteiger partial charge in [-0.15, -0.1) is 0 Å². The predicted molar refractivity (Wildman–Crippen MR) is 57.9 cm³/mol. The summed E-state index contributed by atoms with van der Waals surface area (Å²) in [5.74, 6) is 0. The van der Waals surface area contributed by atoms with E-state index in [0.29, 0.717) is 0 Å². The van der Waals surface area contributed by atoms with Crippen LogP contribution in [-0.4, -0.2) is 7.28 Å². The van der Waals surface area contributed by atoms with Crippen molar-refractivity contribution in [3.8, 4) is 0 Å². The maximum Gasteiger partial charge on any atom is -1.00 e. The van der Waals surface area contributed by atoms with Crippen LogP contribution in [0.5, 0.6) is 0 Å². The maximum absolute atomic E-state index is 2.17. The van der Waals surface area contributed by atoms with Crippen LogP contribution in [0.2, 0.25) is 0 Å². The minimum Gasteiger partial charge on any atom is -1.00 e. The summed E-state index contributed by atoms with van der Waals surface area (Å²) in [7, 11) is 2.17. The van der Waals surface area contributed by atoms with E-state index in [9.17, 15) is 0 Å². The van der Waals surface area contributed by atoms with E-state index >= 15 is 0 Å². The Labute approximate surface area is 103 Å². The van der Waals surface area contributed by atoms with Crippen LogP contribution in [0.3, 0.4) is 0 Å². The summed E-state index contributed by atoms with van der Waals surface area (Å²) in [6.07, 6.45) is 0. The van der Waals surface area contributed by atoms with Gasteiger partial charge in [0.1, 0.15) is 0 Å². The summed E-state index contributed by atoms with van der Waals surface area (Å²) in [5, 5.41) is 0. The molecule has 0 spiro atoms. The van der Waals surface area contributed by atoms with Crippen LogP contribution in [0.4, 0.5) is 0 Å². The van der Waals surface area contributed by atoms with Gasteiger partial charge in [0.25, 0.3) is 0 Å². The van der Waals surface area contributed by atoms with Crippen LogP contribution in [0.25, 0.3) is 0 Å². The van der Waals surface area contributed by atoms with Crippen LogP contribution in [0.15, 0.2) is 60.7 Å². The zero-order chi connectivity index (χ0) is 8.93. The largest absolute Gasteiger partial charge is 1.00 e. The van der Waals surface area contributed by atoms with Crippen molar-refractivity contribution in [3.05, 3.63) is 60.7 Å². The molecule has 0 saturated carbocycles. The molecule has 0 aliphatic carbocycles. The Morgan fingerprint density at radius 1 is 0.571 bits per heavy atom. The van der Waals surface area contributed by atoms with Crippen molar-refractivity contribution in [2.24, 2.45) is 0 Å². The van der Waals surface area contributed by atoms with Crippen molar-refractivity contribution in [1.29, 1.82) is 0 Å². The van der Waals surface area contributed by atoms with Gasteiger partial charge in [0, 0.05) is 0 Å². The third kappa shape index (κ3) is 3.18. The van der Waals surface area contributed by atoms with Crippen molar-refractivity contribution in [2.45, 2.75) is 0 Å². The summed E-state index contributed by atoms with van der Waals surface area (Å²) in [5.41, 5.74) is 2.49. The second-order valence-electron chi connectivity index (χ2n) is 2.97. The van der Waals surface area contributed by atoms with Gasteiger partial charge in [0.2, 0.25) is 0 Å². The summed E-state index contributed by atoms with van der Waals surface area (Å²) < 4.78 is 0. The van der Waals surface area contributed by atoms with Crippen molar-refractivity contribution in [1.82, 2.24) is 0 Å². The van der Waals surface area contributed by atoms with Gasteiger partial charge in [-0.3, -0.25) is 0 Å². The van der Waals surface area contributed by atoms with Crippen LogP contribution >= 0.6 is 0 Å². The first-order valence-corrected chi connectivity index (χ1v) is 4.40. The van der Waals surface area contributed by atoms with E-state index in [-0.39, 0.29) is 24.0 Å². The molecule has 68 valence electrons. The molecule has 0 heterocycles. The third-order valence-corrected chi connectivity index (χ3v) is 1.93. The van der Waals surface area contributed by atoms with Crippen molar-refractivity contribution >= 4 is 18.2 Å². The van der Waals surface area contributed by atoms with Gasteiger partial charge in [-0.05, 0) is 0 Å². The fraction of sp³-hybridized carbons (Fsp3) is 0. The molecule has 0 nitrogen and oxygen atoms in total. The Balaban J connectivity index is 0.000000980. The number of hydrogen-bond acceptors (Lipinski definition) is 0. The molecule has 0 radical (unpaired) electrons. The summed E-state index contributed by atoms with van der Waals surface area (Å²) in [6, 6.07) is 20.7. The first-order chi connectivity index (χ1) is 6.45. The quantitative estimate of drug-likeness (QED) is 0.459. The first-order valence-electron chi connectivity index (χ1n) is 4.40. The number of halogens is 1. The van der Waals surface area contributed by atoms with E-state index < -0.39 is 0 Å². The van der Waals surface area contributed by atoms with Crippen LogP contribution in [0.1, 0.15) is 0 Å². The minimum atomic E-state index is 0. The average molecular weight is 292 g/mol. The molecule has 0 saturated heterocycles. The normalized spacial score (nSPS) is 8.57. The van der Waals surface area contributed by atoms with E-state index in [1.165, 1.54) is 10.9 Å². The molecular formula is C12H10BI. The van der Waals surface area contributed by atoms with Gasteiger partial charge in [0.15, 0.2) is 0 Å². The Hall–Kier alpha value is -0.765. The average Bonchev–Trinajstić information content (AvgIpc) is 2.21. The third-order valence-electron chi connectivity index (χ3n) is 1.93. The molecule has 0 aliphatic rings. The molecule has 0 bridgehead atoms. The molecule has 0 N–H and O–H groups in total. The van der Waals surface area contributed by atoms with E-state index in [0.717, 1.165) is 0 Å². The SMILES string of the molecule is [B+](c1ccccc1)c1ccccc1.[I-]. The van der Waals surface area contributed by atoms with Gasteiger partial charge in [0.05, 0.1) is 0 Å². The Bertz CT molecular complexity index is 321. The molecule has 0 aliphatic heterocycles. The number of hydrogen-bond donors (Lipinski definition) is 0. The monoisotopic (exact) mass is 292 g/mol. The van der Waals surface area contributed by atoms with E-state index in [4.69, 9.17) is 0 Å². The van der Waals surface area contributed by atoms with Gasteiger partial charge >= 0.3 is 78.9 Å². The molecule has 0 aromatic heterocycles. The Morgan fingerprint density at radius 3 is 1.29 bits per heavy atom. The first kappa shape index (κ1) is 11.3.